The molecule has 0 spiro atoms. The molecular weight excluding hydrogens is 296 g/mol. The van der Waals surface area contributed by atoms with Gasteiger partial charge in [-0.2, -0.15) is 0 Å². The van der Waals surface area contributed by atoms with Crippen LogP contribution in [-0.2, 0) is 6.42 Å². The number of anilines is 1. The second-order valence-corrected chi connectivity index (χ2v) is 5.45. The molecule has 0 aliphatic rings. The number of nitrogens with one attached hydrogen (secondary N) is 1. The van der Waals surface area contributed by atoms with E-state index < -0.39 is 0 Å². The van der Waals surface area contributed by atoms with Crippen LogP contribution in [0.3, 0.4) is 0 Å². The average Bonchev–Trinajstić information content (AvgIpc) is 3.04. The third-order valence-electron chi connectivity index (χ3n) is 3.13. The first-order valence-corrected chi connectivity index (χ1v) is 7.83. The van der Waals surface area contributed by atoms with Crippen LogP contribution in [0.5, 0.6) is 5.88 Å². The predicted octanol–water partition coefficient (Wildman–Crippen LogP) is 3.26. The van der Waals surface area contributed by atoms with Crippen molar-refractivity contribution >= 4 is 16.5 Å². The number of thiazole rings is 1. The van der Waals surface area contributed by atoms with E-state index >= 15 is 0 Å². The summed E-state index contributed by atoms with van der Waals surface area (Å²) in [5.74, 6) is 0.591. The lowest BCUT2D eigenvalue weighted by molar-refractivity contribution is 0.399. The Labute approximate surface area is 133 Å². The molecule has 112 valence electrons. The van der Waals surface area contributed by atoms with Gasteiger partial charge in [-0.05, 0) is 24.3 Å². The molecule has 0 radical (unpaired) electrons. The highest BCUT2D eigenvalue weighted by atomic mass is 32.1. The van der Waals surface area contributed by atoms with Crippen LogP contribution in [0, 0.1) is 0 Å². The molecule has 1 N–H and O–H groups in total. The fourth-order valence-electron chi connectivity index (χ4n) is 2.07. The summed E-state index contributed by atoms with van der Waals surface area (Å²) in [5.41, 5.74) is 2.84. The van der Waals surface area contributed by atoms with Gasteiger partial charge in [0, 0.05) is 36.4 Å². The molecule has 5 nitrogen and oxygen atoms in total. The van der Waals surface area contributed by atoms with Gasteiger partial charge in [0.15, 0.2) is 5.13 Å². The fourth-order valence-corrected chi connectivity index (χ4v) is 2.81. The van der Waals surface area contributed by atoms with Gasteiger partial charge in [0.1, 0.15) is 0 Å². The Bertz CT molecular complexity index is 730. The maximum absolute atomic E-state index is 5.27. The van der Waals surface area contributed by atoms with Crippen molar-refractivity contribution in [2.45, 2.75) is 6.42 Å². The Morgan fingerprint density at radius 3 is 2.86 bits per heavy atom. The van der Waals surface area contributed by atoms with Crippen molar-refractivity contribution in [3.63, 3.8) is 0 Å². The molecule has 3 aromatic rings. The first-order chi connectivity index (χ1) is 10.9. The monoisotopic (exact) mass is 312 g/mol. The van der Waals surface area contributed by atoms with Crippen LogP contribution in [-0.4, -0.2) is 28.6 Å². The smallest absolute Gasteiger partial charge is 0.222 e. The molecule has 0 saturated heterocycles. The van der Waals surface area contributed by atoms with Gasteiger partial charge in [-0.15, -0.1) is 11.3 Å². The Morgan fingerprint density at radius 1 is 1.14 bits per heavy atom. The molecule has 0 aliphatic heterocycles. The highest BCUT2D eigenvalue weighted by Crippen LogP contribution is 2.30. The number of pyridine rings is 2. The van der Waals surface area contributed by atoms with Crippen molar-refractivity contribution in [1.82, 2.24) is 15.0 Å². The van der Waals surface area contributed by atoms with E-state index in [1.807, 2.05) is 41.9 Å². The summed E-state index contributed by atoms with van der Waals surface area (Å²) in [5, 5.41) is 6.22. The number of aromatic nitrogens is 3. The van der Waals surface area contributed by atoms with Crippen molar-refractivity contribution in [3.8, 4) is 17.1 Å². The standard InChI is InChI=1S/C16H16N4OS/c1-21-15-13(6-4-9-18-15)14-11-22-16(20-14)19-10-7-12-5-2-3-8-17-12/h2-6,8-9,11H,7,10H2,1H3,(H,19,20). The minimum Gasteiger partial charge on any atom is -0.481 e. The maximum atomic E-state index is 5.27. The summed E-state index contributed by atoms with van der Waals surface area (Å²) < 4.78 is 5.27. The Balaban J connectivity index is 1.64. The average molecular weight is 312 g/mol. The Hall–Kier alpha value is -2.47. The van der Waals surface area contributed by atoms with Crippen LogP contribution in [0.25, 0.3) is 11.3 Å². The number of rotatable bonds is 6. The van der Waals surface area contributed by atoms with E-state index in [4.69, 9.17) is 4.74 Å². The number of hydrogen-bond donors (Lipinski definition) is 1. The lowest BCUT2D eigenvalue weighted by Gasteiger charge is -2.04. The van der Waals surface area contributed by atoms with Gasteiger partial charge in [0.2, 0.25) is 5.88 Å². The number of methoxy groups -OCH3 is 1. The Morgan fingerprint density at radius 2 is 2.05 bits per heavy atom. The molecule has 0 aromatic carbocycles. The zero-order chi connectivity index (χ0) is 15.2. The van der Waals surface area contributed by atoms with Crippen LogP contribution in [0.4, 0.5) is 5.13 Å². The van der Waals surface area contributed by atoms with Crippen LogP contribution in [0.1, 0.15) is 5.69 Å². The summed E-state index contributed by atoms with van der Waals surface area (Å²) in [6, 6.07) is 9.78. The molecule has 0 atom stereocenters. The molecule has 0 fully saturated rings. The van der Waals surface area contributed by atoms with E-state index in [-0.39, 0.29) is 0 Å². The molecule has 3 rings (SSSR count). The first-order valence-electron chi connectivity index (χ1n) is 6.95. The zero-order valence-electron chi connectivity index (χ0n) is 12.2. The SMILES string of the molecule is COc1ncccc1-c1csc(NCCc2ccccn2)n1. The Kier molecular flexibility index (Phi) is 4.60. The van der Waals surface area contributed by atoms with Gasteiger partial charge in [-0.3, -0.25) is 4.98 Å². The minimum atomic E-state index is 0.591. The molecule has 6 heteroatoms. The third kappa shape index (κ3) is 3.40. The normalized spacial score (nSPS) is 10.4. The summed E-state index contributed by atoms with van der Waals surface area (Å²) in [7, 11) is 1.62. The van der Waals surface area contributed by atoms with E-state index in [2.05, 4.69) is 20.3 Å². The van der Waals surface area contributed by atoms with Gasteiger partial charge < -0.3 is 10.1 Å². The number of nitrogens with zero attached hydrogens (tertiary/aromatic N) is 3. The zero-order valence-corrected chi connectivity index (χ0v) is 13.0. The second kappa shape index (κ2) is 7.00. The van der Waals surface area contributed by atoms with Crippen molar-refractivity contribution in [2.24, 2.45) is 0 Å². The van der Waals surface area contributed by atoms with Gasteiger partial charge in [0.25, 0.3) is 0 Å². The molecule has 3 aromatic heterocycles. The van der Waals surface area contributed by atoms with Crippen LogP contribution in [0.2, 0.25) is 0 Å². The number of hydrogen-bond acceptors (Lipinski definition) is 6. The van der Waals surface area contributed by atoms with E-state index in [0.29, 0.717) is 5.88 Å². The fraction of sp³-hybridized carbons (Fsp3) is 0.188. The first kappa shape index (κ1) is 14.5. The maximum Gasteiger partial charge on any atom is 0.222 e. The molecule has 0 bridgehead atoms. The summed E-state index contributed by atoms with van der Waals surface area (Å²) in [6.45, 7) is 0.800. The molecule has 0 aliphatic carbocycles. The van der Waals surface area contributed by atoms with Crippen LogP contribution >= 0.6 is 11.3 Å². The molecule has 0 unspecified atom stereocenters. The van der Waals surface area contributed by atoms with Crippen molar-refractivity contribution in [2.75, 3.05) is 19.0 Å². The van der Waals surface area contributed by atoms with Crippen molar-refractivity contribution < 1.29 is 4.74 Å². The van der Waals surface area contributed by atoms with Crippen molar-refractivity contribution in [1.29, 1.82) is 0 Å². The summed E-state index contributed by atoms with van der Waals surface area (Å²) >= 11 is 1.57. The van der Waals surface area contributed by atoms with Crippen molar-refractivity contribution in [3.05, 3.63) is 53.8 Å². The third-order valence-corrected chi connectivity index (χ3v) is 3.93. The highest BCUT2D eigenvalue weighted by Gasteiger charge is 2.10. The van der Waals surface area contributed by atoms with Gasteiger partial charge in [-0.25, -0.2) is 9.97 Å². The largest absolute Gasteiger partial charge is 0.481 e. The summed E-state index contributed by atoms with van der Waals surface area (Å²) in [4.78, 5) is 13.1. The second-order valence-electron chi connectivity index (χ2n) is 4.60. The molecule has 0 saturated carbocycles. The highest BCUT2D eigenvalue weighted by molar-refractivity contribution is 7.14. The quantitative estimate of drug-likeness (QED) is 0.757. The van der Waals surface area contributed by atoms with Gasteiger partial charge in [-0.1, -0.05) is 6.07 Å². The molecule has 3 heterocycles. The summed E-state index contributed by atoms with van der Waals surface area (Å²) in [6.07, 6.45) is 4.39. The lowest BCUT2D eigenvalue weighted by Crippen LogP contribution is -2.05. The molecule has 22 heavy (non-hydrogen) atoms. The van der Waals surface area contributed by atoms with Gasteiger partial charge in [0.05, 0.1) is 18.4 Å². The lowest BCUT2D eigenvalue weighted by atomic mass is 10.2. The van der Waals surface area contributed by atoms with Crippen LogP contribution in [0.15, 0.2) is 48.1 Å². The molecule has 0 amide bonds. The predicted molar refractivity (Wildman–Crippen MR) is 88.3 cm³/mol. The van der Waals surface area contributed by atoms with Gasteiger partial charge >= 0.3 is 0 Å². The minimum absolute atomic E-state index is 0.591. The van der Waals surface area contributed by atoms with E-state index in [9.17, 15) is 0 Å². The van der Waals surface area contributed by atoms with E-state index in [1.165, 1.54) is 0 Å². The topological polar surface area (TPSA) is 59.9 Å². The molecular formula is C16H16N4OS. The van der Waals surface area contributed by atoms with E-state index in [1.54, 1.807) is 24.6 Å². The number of ether oxygens (including phenoxy) is 1. The van der Waals surface area contributed by atoms with Crippen LogP contribution < -0.4 is 10.1 Å². The van der Waals surface area contributed by atoms with E-state index in [0.717, 1.165) is 35.0 Å².